The molecule has 4 heterocycles. The summed E-state index contributed by atoms with van der Waals surface area (Å²) in [4.78, 5) is 17.3. The Morgan fingerprint density at radius 2 is 1.76 bits per heavy atom. The molecule has 2 saturated heterocycles. The Morgan fingerprint density at radius 1 is 1.02 bits per heavy atom. The van der Waals surface area contributed by atoms with Crippen LogP contribution in [0, 0.1) is 0 Å². The van der Waals surface area contributed by atoms with E-state index in [0.29, 0.717) is 55.3 Å². The van der Waals surface area contributed by atoms with Crippen LogP contribution >= 0.6 is 0 Å². The number of benzene rings is 1. The van der Waals surface area contributed by atoms with E-state index in [0.717, 1.165) is 38.2 Å². The van der Waals surface area contributed by atoms with Crippen LogP contribution in [0.15, 0.2) is 36.5 Å². The summed E-state index contributed by atoms with van der Waals surface area (Å²) >= 11 is 0. The monoisotopic (exact) mass is 587 g/mol. The van der Waals surface area contributed by atoms with Gasteiger partial charge in [0.15, 0.2) is 11.5 Å². The van der Waals surface area contributed by atoms with Gasteiger partial charge in [0.05, 0.1) is 31.6 Å². The Balaban J connectivity index is 1.43. The van der Waals surface area contributed by atoms with Gasteiger partial charge in [0.2, 0.25) is 5.95 Å². The zero-order valence-electron chi connectivity index (χ0n) is 23.9. The highest BCUT2D eigenvalue weighted by Crippen LogP contribution is 2.39. The number of ether oxygens (including phenoxy) is 3. The third-order valence-electron chi connectivity index (χ3n) is 7.45. The summed E-state index contributed by atoms with van der Waals surface area (Å²) in [5.41, 5.74) is 5.17. The fourth-order valence-corrected chi connectivity index (χ4v) is 5.13. The van der Waals surface area contributed by atoms with E-state index in [1.807, 2.05) is 17.0 Å². The molecule has 5 rings (SSSR count). The standard InChI is InChI=1S/C29H36F3N7O3/c1-18(2)38-8-6-20(7-9-38)42-24-5-4-19(14-25(24)40-3)35-27-16-23(36-28(37-27)39-10-12-41-13-11-39)21-17-34-26(33)15-22(21)29(30,31)32/h4-5,14-18,20H,6-13H2,1-3H3,(H2,33,34)(H,35,36,37). The number of aromatic nitrogens is 3. The van der Waals surface area contributed by atoms with Crippen molar-refractivity contribution in [2.75, 3.05) is 62.5 Å². The number of piperidine rings is 1. The molecule has 13 heteroatoms. The first-order chi connectivity index (χ1) is 20.1. The molecule has 0 aliphatic carbocycles. The summed E-state index contributed by atoms with van der Waals surface area (Å²) in [7, 11) is 1.57. The number of hydrogen-bond acceptors (Lipinski definition) is 10. The molecule has 10 nitrogen and oxygen atoms in total. The van der Waals surface area contributed by atoms with Gasteiger partial charge in [0.25, 0.3) is 0 Å². The average Bonchev–Trinajstić information content (AvgIpc) is 2.98. The number of hydrogen-bond donors (Lipinski definition) is 2. The number of morpholine rings is 1. The van der Waals surface area contributed by atoms with Crippen LogP contribution in [0.4, 0.5) is 36.4 Å². The molecular weight excluding hydrogens is 551 g/mol. The number of pyridine rings is 1. The minimum Gasteiger partial charge on any atom is -0.493 e. The molecule has 3 N–H and O–H groups in total. The van der Waals surface area contributed by atoms with Gasteiger partial charge in [-0.1, -0.05) is 0 Å². The molecule has 0 saturated carbocycles. The fourth-order valence-electron chi connectivity index (χ4n) is 5.13. The van der Waals surface area contributed by atoms with Gasteiger partial charge in [-0.2, -0.15) is 18.2 Å². The van der Waals surface area contributed by atoms with Crippen molar-refractivity contribution in [1.29, 1.82) is 0 Å². The van der Waals surface area contributed by atoms with E-state index in [9.17, 15) is 13.2 Å². The van der Waals surface area contributed by atoms with Crippen molar-refractivity contribution in [3.63, 3.8) is 0 Å². The third kappa shape index (κ3) is 6.96. The summed E-state index contributed by atoms with van der Waals surface area (Å²) in [6.45, 7) is 8.28. The molecule has 0 unspecified atom stereocenters. The lowest BCUT2D eigenvalue weighted by Crippen LogP contribution is -2.41. The molecule has 0 atom stereocenters. The number of alkyl halides is 3. The maximum Gasteiger partial charge on any atom is 0.417 e. The van der Waals surface area contributed by atoms with Crippen molar-refractivity contribution in [3.05, 3.63) is 42.1 Å². The molecule has 2 fully saturated rings. The summed E-state index contributed by atoms with van der Waals surface area (Å²) in [6, 6.07) is 8.21. The highest BCUT2D eigenvalue weighted by Gasteiger charge is 2.35. The van der Waals surface area contributed by atoms with Gasteiger partial charge in [-0.25, -0.2) is 9.97 Å². The Kier molecular flexibility index (Phi) is 8.88. The van der Waals surface area contributed by atoms with E-state index >= 15 is 0 Å². The first-order valence-corrected chi connectivity index (χ1v) is 14.0. The van der Waals surface area contributed by atoms with Crippen molar-refractivity contribution in [2.24, 2.45) is 0 Å². The van der Waals surface area contributed by atoms with Crippen LogP contribution in [0.1, 0.15) is 32.3 Å². The second kappa shape index (κ2) is 12.6. The minimum absolute atomic E-state index is 0.0634. The van der Waals surface area contributed by atoms with Gasteiger partial charge in [-0.15, -0.1) is 0 Å². The lowest BCUT2D eigenvalue weighted by atomic mass is 10.1. The molecule has 2 aromatic heterocycles. The number of nitrogens with two attached hydrogens (primary N) is 1. The number of rotatable bonds is 8. The lowest BCUT2D eigenvalue weighted by molar-refractivity contribution is -0.137. The molecular formula is C29H36F3N7O3. The van der Waals surface area contributed by atoms with E-state index in [2.05, 4.69) is 39.0 Å². The first-order valence-electron chi connectivity index (χ1n) is 14.0. The van der Waals surface area contributed by atoms with Crippen molar-refractivity contribution in [1.82, 2.24) is 19.9 Å². The molecule has 0 radical (unpaired) electrons. The second-order valence-corrected chi connectivity index (χ2v) is 10.6. The summed E-state index contributed by atoms with van der Waals surface area (Å²) < 4.78 is 59.2. The van der Waals surface area contributed by atoms with Crippen LogP contribution in [0.5, 0.6) is 11.5 Å². The summed E-state index contributed by atoms with van der Waals surface area (Å²) in [6.07, 6.45) is -1.62. The van der Waals surface area contributed by atoms with E-state index in [4.69, 9.17) is 19.9 Å². The first kappa shape index (κ1) is 29.6. The molecule has 0 amide bonds. The molecule has 42 heavy (non-hydrogen) atoms. The number of methoxy groups -OCH3 is 1. The third-order valence-corrected chi connectivity index (χ3v) is 7.45. The van der Waals surface area contributed by atoms with Crippen LogP contribution in [0.25, 0.3) is 11.3 Å². The molecule has 2 aliphatic heterocycles. The topological polar surface area (TPSA) is 111 Å². The van der Waals surface area contributed by atoms with Gasteiger partial charge in [-0.05, 0) is 44.9 Å². The number of nitrogens with one attached hydrogen (secondary N) is 1. The molecule has 0 bridgehead atoms. The predicted octanol–water partition coefficient (Wildman–Crippen LogP) is 4.98. The van der Waals surface area contributed by atoms with Crippen LogP contribution in [0.3, 0.4) is 0 Å². The quantitative estimate of drug-likeness (QED) is 0.374. The zero-order valence-corrected chi connectivity index (χ0v) is 23.9. The number of halogens is 3. The molecule has 1 aromatic carbocycles. The molecule has 226 valence electrons. The van der Waals surface area contributed by atoms with E-state index in [1.54, 1.807) is 13.2 Å². The van der Waals surface area contributed by atoms with Crippen LogP contribution in [-0.4, -0.2) is 78.5 Å². The highest BCUT2D eigenvalue weighted by molar-refractivity contribution is 5.71. The fraction of sp³-hybridized carbons (Fsp3) is 0.483. The smallest absolute Gasteiger partial charge is 0.417 e. The number of likely N-dealkylation sites (tertiary alicyclic amines) is 1. The van der Waals surface area contributed by atoms with Gasteiger partial charge in [-0.3, -0.25) is 0 Å². The Bertz CT molecular complexity index is 1380. The van der Waals surface area contributed by atoms with Gasteiger partial charge in [0, 0.05) is 61.8 Å². The van der Waals surface area contributed by atoms with Crippen LogP contribution < -0.4 is 25.4 Å². The van der Waals surface area contributed by atoms with E-state index in [-0.39, 0.29) is 29.1 Å². The van der Waals surface area contributed by atoms with Crippen LogP contribution in [-0.2, 0) is 10.9 Å². The molecule has 3 aromatic rings. The van der Waals surface area contributed by atoms with Crippen molar-refractivity contribution in [3.8, 4) is 22.8 Å². The summed E-state index contributed by atoms with van der Waals surface area (Å²) in [5, 5.41) is 3.21. The minimum atomic E-state index is -4.65. The Labute approximate surface area is 243 Å². The summed E-state index contributed by atoms with van der Waals surface area (Å²) in [5.74, 6) is 1.53. The van der Waals surface area contributed by atoms with E-state index < -0.39 is 11.7 Å². The van der Waals surface area contributed by atoms with E-state index in [1.165, 1.54) is 6.07 Å². The predicted molar refractivity (Wildman–Crippen MR) is 154 cm³/mol. The average molecular weight is 588 g/mol. The van der Waals surface area contributed by atoms with Gasteiger partial charge >= 0.3 is 6.18 Å². The number of anilines is 4. The van der Waals surface area contributed by atoms with Crippen LogP contribution in [0.2, 0.25) is 0 Å². The van der Waals surface area contributed by atoms with Gasteiger partial charge < -0.3 is 35.1 Å². The van der Waals surface area contributed by atoms with Gasteiger partial charge in [0.1, 0.15) is 17.7 Å². The van der Waals surface area contributed by atoms with Crippen molar-refractivity contribution in [2.45, 2.75) is 45.0 Å². The number of nitrogen functional groups attached to an aromatic ring is 1. The Morgan fingerprint density at radius 3 is 2.43 bits per heavy atom. The largest absolute Gasteiger partial charge is 0.493 e. The van der Waals surface area contributed by atoms with Crippen molar-refractivity contribution >= 4 is 23.3 Å². The lowest BCUT2D eigenvalue weighted by Gasteiger charge is -2.34. The maximum absolute atomic E-state index is 14.0. The molecule has 0 spiro atoms. The van der Waals surface area contributed by atoms with Crippen molar-refractivity contribution < 1.29 is 27.4 Å². The number of nitrogens with zero attached hydrogens (tertiary/aromatic N) is 5. The SMILES string of the molecule is COc1cc(Nc2cc(-c3cnc(N)cc3C(F)(F)F)nc(N3CCOCC3)n2)ccc1OC1CCN(C(C)C)CC1. The zero-order chi connectivity index (χ0) is 29.9. The normalized spacial score (nSPS) is 17.0. The maximum atomic E-state index is 14.0. The molecule has 2 aliphatic rings. The Hall–Kier alpha value is -3.84. The second-order valence-electron chi connectivity index (χ2n) is 10.6. The highest BCUT2D eigenvalue weighted by atomic mass is 19.4.